The molecule has 2 aromatic heterocycles. The van der Waals surface area contributed by atoms with Crippen LogP contribution in [0, 0.1) is 6.92 Å². The van der Waals surface area contributed by atoms with Crippen molar-refractivity contribution >= 4 is 23.1 Å². The number of carbonyl (C=O) groups is 1. The second-order valence-corrected chi connectivity index (χ2v) is 8.71. The van der Waals surface area contributed by atoms with Gasteiger partial charge in [-0.15, -0.1) is 11.3 Å². The van der Waals surface area contributed by atoms with Crippen LogP contribution in [0.4, 0.5) is 5.82 Å². The van der Waals surface area contributed by atoms with Crippen LogP contribution in [0.3, 0.4) is 0 Å². The van der Waals surface area contributed by atoms with E-state index in [2.05, 4.69) is 19.9 Å². The van der Waals surface area contributed by atoms with Crippen LogP contribution in [-0.2, 0) is 0 Å². The Balaban J connectivity index is 1.27. The van der Waals surface area contributed by atoms with Gasteiger partial charge in [-0.25, -0.2) is 15.0 Å². The first-order valence-electron chi connectivity index (χ1n) is 10.6. The molecule has 1 fully saturated rings. The molecule has 2 aromatic carbocycles. The van der Waals surface area contributed by atoms with E-state index in [0.717, 1.165) is 51.3 Å². The number of anilines is 1. The minimum atomic E-state index is 0.0643. The lowest BCUT2D eigenvalue weighted by Gasteiger charge is -2.35. The van der Waals surface area contributed by atoms with Crippen molar-refractivity contribution < 1.29 is 4.79 Å². The van der Waals surface area contributed by atoms with E-state index < -0.39 is 0 Å². The quantitative estimate of drug-likeness (QED) is 0.465. The largest absolute Gasteiger partial charge is 0.353 e. The average Bonchev–Trinajstić information content (AvgIpc) is 3.26. The molecule has 0 N–H and O–H groups in total. The predicted molar refractivity (Wildman–Crippen MR) is 128 cm³/mol. The molecule has 4 aromatic rings. The van der Waals surface area contributed by atoms with E-state index in [1.165, 1.54) is 11.3 Å². The zero-order chi connectivity index (χ0) is 21.9. The summed E-state index contributed by atoms with van der Waals surface area (Å²) in [6.07, 6.45) is 1.61. The Hall–Kier alpha value is -3.58. The molecule has 0 spiro atoms. The van der Waals surface area contributed by atoms with E-state index in [9.17, 15) is 4.79 Å². The lowest BCUT2D eigenvalue weighted by Crippen LogP contribution is -2.49. The number of amides is 1. The monoisotopic (exact) mass is 441 g/mol. The summed E-state index contributed by atoms with van der Waals surface area (Å²) in [5.74, 6) is 0.959. The highest BCUT2D eigenvalue weighted by Gasteiger charge is 2.26. The number of hydrogen-bond donors (Lipinski definition) is 0. The molecule has 0 unspecified atom stereocenters. The van der Waals surface area contributed by atoms with Crippen LogP contribution in [0.2, 0.25) is 0 Å². The zero-order valence-corrected chi connectivity index (χ0v) is 18.6. The Morgan fingerprint density at radius 3 is 2.22 bits per heavy atom. The highest BCUT2D eigenvalue weighted by atomic mass is 32.1. The summed E-state index contributed by atoms with van der Waals surface area (Å²) in [4.78, 5) is 31.6. The molecule has 0 saturated carbocycles. The molecule has 5 rings (SSSR count). The topological polar surface area (TPSA) is 62.2 Å². The van der Waals surface area contributed by atoms with Crippen molar-refractivity contribution in [2.75, 3.05) is 31.1 Å². The maximum absolute atomic E-state index is 13.2. The van der Waals surface area contributed by atoms with Gasteiger partial charge in [-0.1, -0.05) is 60.7 Å². The fourth-order valence-electron chi connectivity index (χ4n) is 3.87. The molecule has 1 saturated heterocycles. The molecule has 1 aliphatic heterocycles. The smallest absolute Gasteiger partial charge is 0.265 e. The summed E-state index contributed by atoms with van der Waals surface area (Å²) in [6, 6.07) is 22.1. The number of carbonyl (C=O) groups excluding carboxylic acids is 1. The van der Waals surface area contributed by atoms with Gasteiger partial charge in [-0.2, -0.15) is 0 Å². The van der Waals surface area contributed by atoms with Crippen molar-refractivity contribution in [3.05, 3.63) is 83.6 Å². The number of rotatable bonds is 4. The van der Waals surface area contributed by atoms with Crippen LogP contribution < -0.4 is 4.90 Å². The molecule has 1 aliphatic rings. The van der Waals surface area contributed by atoms with Crippen LogP contribution in [0.1, 0.15) is 15.4 Å². The van der Waals surface area contributed by atoms with Gasteiger partial charge in [-0.05, 0) is 6.92 Å². The fourth-order valence-corrected chi connectivity index (χ4v) is 4.91. The minimum Gasteiger partial charge on any atom is -0.353 e. The molecule has 3 heterocycles. The molecule has 0 bridgehead atoms. The van der Waals surface area contributed by atoms with Crippen molar-refractivity contribution in [2.24, 2.45) is 0 Å². The van der Waals surface area contributed by atoms with Crippen molar-refractivity contribution in [1.29, 1.82) is 0 Å². The minimum absolute atomic E-state index is 0.0643. The van der Waals surface area contributed by atoms with Crippen LogP contribution in [0.25, 0.3) is 21.8 Å². The van der Waals surface area contributed by atoms with Crippen LogP contribution in [0.15, 0.2) is 73.1 Å². The van der Waals surface area contributed by atoms with Crippen LogP contribution in [-0.4, -0.2) is 51.9 Å². The standard InChI is InChI=1S/C25H23N5OS/c1-18-23(32-24(28-18)20-10-6-3-7-11-20)25(31)30-14-12-29(13-15-30)22-16-21(26-17-27-22)19-8-4-2-5-9-19/h2-11,16-17H,12-15H2,1H3. The van der Waals surface area contributed by atoms with Gasteiger partial charge in [0.2, 0.25) is 0 Å². The lowest BCUT2D eigenvalue weighted by atomic mass is 10.1. The molecular formula is C25H23N5OS. The molecule has 0 aliphatic carbocycles. The number of aryl methyl sites for hydroxylation is 1. The Morgan fingerprint density at radius 1 is 0.875 bits per heavy atom. The van der Waals surface area contributed by atoms with E-state index in [-0.39, 0.29) is 5.91 Å². The van der Waals surface area contributed by atoms with Crippen molar-refractivity contribution in [3.63, 3.8) is 0 Å². The second kappa shape index (κ2) is 8.88. The van der Waals surface area contributed by atoms with Gasteiger partial charge in [-0.3, -0.25) is 4.79 Å². The molecular weight excluding hydrogens is 418 g/mol. The molecule has 0 atom stereocenters. The molecule has 1 amide bonds. The summed E-state index contributed by atoms with van der Waals surface area (Å²) >= 11 is 1.47. The Morgan fingerprint density at radius 2 is 1.53 bits per heavy atom. The first-order chi connectivity index (χ1) is 15.7. The number of thiazole rings is 1. The maximum atomic E-state index is 13.2. The molecule has 32 heavy (non-hydrogen) atoms. The summed E-state index contributed by atoms with van der Waals surface area (Å²) in [5.41, 5.74) is 3.81. The van der Waals surface area contributed by atoms with E-state index >= 15 is 0 Å². The van der Waals surface area contributed by atoms with Gasteiger partial charge in [0.25, 0.3) is 5.91 Å². The summed E-state index contributed by atoms with van der Waals surface area (Å²) in [5, 5.41) is 0.888. The highest BCUT2D eigenvalue weighted by Crippen LogP contribution is 2.29. The lowest BCUT2D eigenvalue weighted by molar-refractivity contribution is 0.0750. The van der Waals surface area contributed by atoms with Gasteiger partial charge in [0, 0.05) is 43.4 Å². The first-order valence-corrected chi connectivity index (χ1v) is 11.5. The zero-order valence-electron chi connectivity index (χ0n) is 17.8. The Bertz CT molecular complexity index is 1220. The van der Waals surface area contributed by atoms with E-state index in [1.807, 2.05) is 78.6 Å². The van der Waals surface area contributed by atoms with Gasteiger partial charge in [0.15, 0.2) is 0 Å². The Labute approximate surface area is 191 Å². The highest BCUT2D eigenvalue weighted by molar-refractivity contribution is 7.17. The molecule has 7 heteroatoms. The summed E-state index contributed by atoms with van der Waals surface area (Å²) in [7, 11) is 0. The number of piperazine rings is 1. The number of nitrogens with zero attached hydrogens (tertiary/aromatic N) is 5. The first kappa shape index (κ1) is 20.3. The Kier molecular flexibility index (Phi) is 5.64. The van der Waals surface area contributed by atoms with Crippen LogP contribution in [0.5, 0.6) is 0 Å². The predicted octanol–water partition coefficient (Wildman–Crippen LogP) is 4.54. The average molecular weight is 442 g/mol. The third-order valence-electron chi connectivity index (χ3n) is 5.62. The molecule has 0 radical (unpaired) electrons. The SMILES string of the molecule is Cc1nc(-c2ccccc2)sc1C(=O)N1CCN(c2cc(-c3ccccc3)ncn2)CC1. The second-order valence-electron chi connectivity index (χ2n) is 7.71. The van der Waals surface area contributed by atoms with E-state index in [1.54, 1.807) is 6.33 Å². The number of aromatic nitrogens is 3. The van der Waals surface area contributed by atoms with Gasteiger partial charge in [0.05, 0.1) is 11.4 Å². The van der Waals surface area contributed by atoms with Gasteiger partial charge >= 0.3 is 0 Å². The van der Waals surface area contributed by atoms with Gasteiger partial charge in [0.1, 0.15) is 22.0 Å². The molecule has 6 nitrogen and oxygen atoms in total. The van der Waals surface area contributed by atoms with E-state index in [0.29, 0.717) is 13.1 Å². The fraction of sp³-hybridized carbons (Fsp3) is 0.200. The third kappa shape index (κ3) is 4.11. The molecule has 160 valence electrons. The summed E-state index contributed by atoms with van der Waals surface area (Å²) < 4.78 is 0. The van der Waals surface area contributed by atoms with Crippen molar-refractivity contribution in [3.8, 4) is 21.8 Å². The van der Waals surface area contributed by atoms with Crippen molar-refractivity contribution in [2.45, 2.75) is 6.92 Å². The van der Waals surface area contributed by atoms with Crippen molar-refractivity contribution in [1.82, 2.24) is 19.9 Å². The van der Waals surface area contributed by atoms with Gasteiger partial charge < -0.3 is 9.80 Å². The van der Waals surface area contributed by atoms with Crippen LogP contribution >= 0.6 is 11.3 Å². The maximum Gasteiger partial charge on any atom is 0.265 e. The normalized spacial score (nSPS) is 13.9. The number of hydrogen-bond acceptors (Lipinski definition) is 6. The number of benzene rings is 2. The third-order valence-corrected chi connectivity index (χ3v) is 6.82. The summed E-state index contributed by atoms with van der Waals surface area (Å²) in [6.45, 7) is 4.70. The van der Waals surface area contributed by atoms with E-state index in [4.69, 9.17) is 0 Å².